The van der Waals surface area contributed by atoms with E-state index in [4.69, 9.17) is 21.4 Å². The molecule has 9 heteroatoms. The Morgan fingerprint density at radius 1 is 1.43 bits per heavy atom. The molecule has 110 valence electrons. The number of nitrogens with one attached hydrogen (secondary N) is 2. The van der Waals surface area contributed by atoms with Gasteiger partial charge in [0.2, 0.25) is 0 Å². The summed E-state index contributed by atoms with van der Waals surface area (Å²) in [6, 6.07) is 6.19. The first-order valence-electron chi connectivity index (χ1n) is 5.62. The molecule has 0 saturated carbocycles. The second-order valence-electron chi connectivity index (χ2n) is 3.88. The molecule has 0 aliphatic heterocycles. The van der Waals surface area contributed by atoms with Crippen LogP contribution in [0.2, 0.25) is 5.02 Å². The molecule has 2 rings (SSSR count). The minimum Gasteiger partial charge on any atom is -0.482 e. The van der Waals surface area contributed by atoms with Crippen molar-refractivity contribution in [1.82, 2.24) is 10.2 Å². The number of anilines is 1. The van der Waals surface area contributed by atoms with Gasteiger partial charge in [0.05, 0.1) is 5.02 Å². The first-order valence-corrected chi connectivity index (χ1v) is 6.79. The van der Waals surface area contributed by atoms with Crippen molar-refractivity contribution in [2.75, 3.05) is 11.9 Å². The van der Waals surface area contributed by atoms with E-state index < -0.39 is 11.9 Å². The maximum atomic E-state index is 11.7. The highest BCUT2D eigenvalue weighted by Gasteiger charge is 2.11. The lowest BCUT2D eigenvalue weighted by atomic mass is 10.3. The molecule has 0 fully saturated rings. The average molecular weight is 375 g/mol. The number of hydrogen-bond acceptors (Lipinski definition) is 4. The summed E-state index contributed by atoms with van der Waals surface area (Å²) >= 11 is 9.20. The van der Waals surface area contributed by atoms with Crippen molar-refractivity contribution in [3.63, 3.8) is 0 Å². The third-order valence-corrected chi connectivity index (χ3v) is 3.12. The van der Waals surface area contributed by atoms with Crippen molar-refractivity contribution >= 4 is 45.2 Å². The van der Waals surface area contributed by atoms with Gasteiger partial charge in [0, 0.05) is 10.5 Å². The van der Waals surface area contributed by atoms with Crippen LogP contribution in [0.15, 0.2) is 28.7 Å². The van der Waals surface area contributed by atoms with E-state index in [0.717, 1.165) is 4.47 Å². The quantitative estimate of drug-likeness (QED) is 0.746. The van der Waals surface area contributed by atoms with Crippen molar-refractivity contribution in [2.24, 2.45) is 0 Å². The SMILES string of the molecule is O=C(COc1ccc(Br)cc1Cl)Nc1cc(C(=O)O)[nH]n1. The number of carbonyl (C=O) groups is 2. The summed E-state index contributed by atoms with van der Waals surface area (Å²) in [7, 11) is 0. The van der Waals surface area contributed by atoms with Gasteiger partial charge in [0.15, 0.2) is 12.4 Å². The van der Waals surface area contributed by atoms with Crippen LogP contribution in [0.5, 0.6) is 5.75 Å². The molecule has 0 aliphatic carbocycles. The molecule has 1 heterocycles. The highest BCUT2D eigenvalue weighted by molar-refractivity contribution is 9.10. The van der Waals surface area contributed by atoms with Crippen LogP contribution >= 0.6 is 27.5 Å². The minimum atomic E-state index is -1.17. The lowest BCUT2D eigenvalue weighted by Gasteiger charge is -2.07. The first-order chi connectivity index (χ1) is 9.95. The van der Waals surface area contributed by atoms with Gasteiger partial charge in [-0.1, -0.05) is 27.5 Å². The molecule has 0 unspecified atom stereocenters. The molecule has 1 amide bonds. The van der Waals surface area contributed by atoms with Gasteiger partial charge in [-0.3, -0.25) is 9.89 Å². The Hall–Kier alpha value is -2.06. The lowest BCUT2D eigenvalue weighted by molar-refractivity contribution is -0.118. The highest BCUT2D eigenvalue weighted by atomic mass is 79.9. The summed E-state index contributed by atoms with van der Waals surface area (Å²) in [5, 5.41) is 17.4. The number of carboxylic acids is 1. The summed E-state index contributed by atoms with van der Waals surface area (Å²) in [6.45, 7) is -0.281. The summed E-state index contributed by atoms with van der Waals surface area (Å²) < 4.78 is 6.05. The smallest absolute Gasteiger partial charge is 0.353 e. The van der Waals surface area contributed by atoms with Gasteiger partial charge in [0.1, 0.15) is 11.4 Å². The van der Waals surface area contributed by atoms with Crippen LogP contribution < -0.4 is 10.1 Å². The van der Waals surface area contributed by atoms with E-state index >= 15 is 0 Å². The minimum absolute atomic E-state index is 0.0999. The largest absolute Gasteiger partial charge is 0.482 e. The molecule has 21 heavy (non-hydrogen) atoms. The first kappa shape index (κ1) is 15.3. The molecular weight excluding hydrogens is 366 g/mol. The Bertz CT molecular complexity index is 689. The number of aromatic carboxylic acids is 1. The highest BCUT2D eigenvalue weighted by Crippen LogP contribution is 2.27. The number of rotatable bonds is 5. The summed E-state index contributed by atoms with van der Waals surface area (Å²) in [5.74, 6) is -1.19. The van der Waals surface area contributed by atoms with E-state index in [2.05, 4.69) is 31.4 Å². The Morgan fingerprint density at radius 2 is 2.19 bits per heavy atom. The fourth-order valence-corrected chi connectivity index (χ4v) is 2.14. The molecule has 0 aliphatic rings. The summed E-state index contributed by atoms with van der Waals surface area (Å²) in [5.41, 5.74) is -0.123. The van der Waals surface area contributed by atoms with Gasteiger partial charge < -0.3 is 15.2 Å². The number of nitrogens with zero attached hydrogens (tertiary/aromatic N) is 1. The number of benzene rings is 1. The normalized spacial score (nSPS) is 10.2. The van der Waals surface area contributed by atoms with E-state index in [1.807, 2.05) is 0 Å². The predicted octanol–water partition coefficient (Wildman–Crippen LogP) is 2.54. The third-order valence-electron chi connectivity index (χ3n) is 2.33. The van der Waals surface area contributed by atoms with Gasteiger partial charge in [-0.05, 0) is 18.2 Å². The summed E-state index contributed by atoms with van der Waals surface area (Å²) in [6.07, 6.45) is 0. The van der Waals surface area contributed by atoms with Crippen LogP contribution in [0.25, 0.3) is 0 Å². The number of aromatic amines is 1. The van der Waals surface area contributed by atoms with Gasteiger partial charge in [-0.15, -0.1) is 0 Å². The van der Waals surface area contributed by atoms with Crippen molar-refractivity contribution in [2.45, 2.75) is 0 Å². The molecule has 0 bridgehead atoms. The fraction of sp³-hybridized carbons (Fsp3) is 0.0833. The van der Waals surface area contributed by atoms with E-state index in [-0.39, 0.29) is 18.1 Å². The van der Waals surface area contributed by atoms with E-state index in [0.29, 0.717) is 10.8 Å². The number of H-pyrrole nitrogens is 1. The number of amides is 1. The molecule has 0 saturated heterocycles. The van der Waals surface area contributed by atoms with Crippen LogP contribution in [-0.2, 0) is 4.79 Å². The van der Waals surface area contributed by atoms with Gasteiger partial charge in [-0.25, -0.2) is 4.79 Å². The van der Waals surface area contributed by atoms with Gasteiger partial charge >= 0.3 is 5.97 Å². The van der Waals surface area contributed by atoms with E-state index in [9.17, 15) is 9.59 Å². The van der Waals surface area contributed by atoms with Crippen molar-refractivity contribution < 1.29 is 19.4 Å². The Labute approximate surface area is 132 Å². The maximum Gasteiger partial charge on any atom is 0.353 e. The molecule has 1 aromatic heterocycles. The van der Waals surface area contributed by atoms with Crippen LogP contribution in [0.4, 0.5) is 5.82 Å². The standard InChI is InChI=1S/C12H9BrClN3O4/c13-6-1-2-9(7(14)3-6)21-5-11(18)15-10-4-8(12(19)20)16-17-10/h1-4H,5H2,(H,19,20)(H2,15,16,17,18). The lowest BCUT2D eigenvalue weighted by Crippen LogP contribution is -2.20. The molecule has 0 radical (unpaired) electrons. The molecule has 7 nitrogen and oxygen atoms in total. The third kappa shape index (κ3) is 4.20. The van der Waals surface area contributed by atoms with Crippen LogP contribution in [0.3, 0.4) is 0 Å². The summed E-state index contributed by atoms with van der Waals surface area (Å²) in [4.78, 5) is 22.3. The number of aromatic nitrogens is 2. The van der Waals surface area contributed by atoms with Crippen LogP contribution in [0.1, 0.15) is 10.5 Å². The van der Waals surface area contributed by atoms with Crippen molar-refractivity contribution in [1.29, 1.82) is 0 Å². The van der Waals surface area contributed by atoms with Gasteiger partial charge in [-0.2, -0.15) is 5.10 Å². The molecule has 1 aromatic carbocycles. The molecular formula is C12H9BrClN3O4. The zero-order valence-corrected chi connectivity index (χ0v) is 12.7. The molecule has 3 N–H and O–H groups in total. The topological polar surface area (TPSA) is 104 Å². The second kappa shape index (κ2) is 6.59. The molecule has 0 spiro atoms. The van der Waals surface area contributed by atoms with Crippen molar-refractivity contribution in [3.8, 4) is 5.75 Å². The zero-order chi connectivity index (χ0) is 15.4. The molecule has 2 aromatic rings. The number of halogens is 2. The number of carboxylic acid groups (broad SMARTS) is 1. The zero-order valence-electron chi connectivity index (χ0n) is 10.4. The Morgan fingerprint density at radius 3 is 2.81 bits per heavy atom. The fourth-order valence-electron chi connectivity index (χ4n) is 1.41. The Kier molecular flexibility index (Phi) is 4.81. The number of hydrogen-bond donors (Lipinski definition) is 3. The Balaban J connectivity index is 1.91. The van der Waals surface area contributed by atoms with E-state index in [1.54, 1.807) is 18.2 Å². The number of ether oxygens (including phenoxy) is 1. The second-order valence-corrected chi connectivity index (χ2v) is 5.21. The molecule has 0 atom stereocenters. The predicted molar refractivity (Wildman–Crippen MR) is 78.8 cm³/mol. The van der Waals surface area contributed by atoms with Crippen LogP contribution in [-0.4, -0.2) is 33.8 Å². The van der Waals surface area contributed by atoms with E-state index in [1.165, 1.54) is 6.07 Å². The number of carbonyl (C=O) groups excluding carboxylic acids is 1. The van der Waals surface area contributed by atoms with Gasteiger partial charge in [0.25, 0.3) is 5.91 Å². The maximum absolute atomic E-state index is 11.7. The van der Waals surface area contributed by atoms with Crippen molar-refractivity contribution in [3.05, 3.63) is 39.5 Å². The monoisotopic (exact) mass is 373 g/mol. The average Bonchev–Trinajstić information content (AvgIpc) is 2.86. The van der Waals surface area contributed by atoms with Crippen LogP contribution in [0, 0.1) is 0 Å².